The molecule has 0 unspecified atom stereocenters. The zero-order valence-corrected chi connectivity index (χ0v) is 9.55. The quantitative estimate of drug-likeness (QED) is 0.763. The molecule has 1 heterocycles. The van der Waals surface area contributed by atoms with E-state index in [2.05, 4.69) is 5.10 Å². The van der Waals surface area contributed by atoms with Crippen molar-refractivity contribution in [3.05, 3.63) is 41.0 Å². The third-order valence-electron chi connectivity index (χ3n) is 2.39. The number of aromatic nitrogens is 2. The van der Waals surface area contributed by atoms with Crippen molar-refractivity contribution in [3.8, 4) is 11.3 Å². The van der Waals surface area contributed by atoms with Gasteiger partial charge in [0.25, 0.3) is 0 Å². The fraction of sp³-hybridized carbons (Fsp3) is 0.182. The minimum atomic E-state index is -4.43. The standard InChI is InChI=1S/C11H8ClF3N2/c1-17-10(4-5-16-17)7-2-3-8(9(12)6-7)11(13,14)15/h2-6H,1H3. The molecule has 0 saturated heterocycles. The second-order valence-corrected chi connectivity index (χ2v) is 3.94. The van der Waals surface area contributed by atoms with Gasteiger partial charge in [-0.1, -0.05) is 17.7 Å². The Bertz CT molecular complexity index is 546. The van der Waals surface area contributed by atoms with Crippen molar-refractivity contribution >= 4 is 11.6 Å². The van der Waals surface area contributed by atoms with Gasteiger partial charge >= 0.3 is 6.18 Å². The number of rotatable bonds is 1. The van der Waals surface area contributed by atoms with Crippen LogP contribution in [0.3, 0.4) is 0 Å². The molecular formula is C11H8ClF3N2. The fourth-order valence-electron chi connectivity index (χ4n) is 1.56. The molecule has 0 atom stereocenters. The van der Waals surface area contributed by atoms with Crippen LogP contribution in [-0.2, 0) is 13.2 Å². The van der Waals surface area contributed by atoms with Crippen molar-refractivity contribution in [3.63, 3.8) is 0 Å². The number of aryl methyl sites for hydroxylation is 1. The lowest BCUT2D eigenvalue weighted by molar-refractivity contribution is -0.137. The number of hydrogen-bond donors (Lipinski definition) is 0. The van der Waals surface area contributed by atoms with E-state index < -0.39 is 11.7 Å². The summed E-state index contributed by atoms with van der Waals surface area (Å²) in [6, 6.07) is 5.36. The van der Waals surface area contributed by atoms with Gasteiger partial charge < -0.3 is 0 Å². The van der Waals surface area contributed by atoms with E-state index in [1.807, 2.05) is 0 Å². The highest BCUT2D eigenvalue weighted by molar-refractivity contribution is 6.31. The Morgan fingerprint density at radius 3 is 2.41 bits per heavy atom. The van der Waals surface area contributed by atoms with Gasteiger partial charge in [-0.3, -0.25) is 4.68 Å². The van der Waals surface area contributed by atoms with Crippen LogP contribution in [0.15, 0.2) is 30.5 Å². The van der Waals surface area contributed by atoms with E-state index in [9.17, 15) is 13.2 Å². The molecule has 1 aromatic heterocycles. The van der Waals surface area contributed by atoms with Gasteiger partial charge in [0.1, 0.15) is 0 Å². The van der Waals surface area contributed by atoms with Gasteiger partial charge in [0.2, 0.25) is 0 Å². The van der Waals surface area contributed by atoms with Crippen molar-refractivity contribution in [2.24, 2.45) is 7.05 Å². The predicted molar refractivity (Wildman–Crippen MR) is 58.7 cm³/mol. The Morgan fingerprint density at radius 2 is 1.94 bits per heavy atom. The molecule has 90 valence electrons. The van der Waals surface area contributed by atoms with E-state index in [4.69, 9.17) is 11.6 Å². The number of alkyl halides is 3. The van der Waals surface area contributed by atoms with Gasteiger partial charge in [-0.2, -0.15) is 18.3 Å². The molecule has 6 heteroatoms. The van der Waals surface area contributed by atoms with Crippen molar-refractivity contribution in [1.82, 2.24) is 9.78 Å². The summed E-state index contributed by atoms with van der Waals surface area (Å²) in [5.41, 5.74) is 0.480. The fourth-order valence-corrected chi connectivity index (χ4v) is 1.85. The molecule has 2 nitrogen and oxygen atoms in total. The second kappa shape index (κ2) is 4.07. The summed E-state index contributed by atoms with van der Waals surface area (Å²) in [5.74, 6) is 0. The van der Waals surface area contributed by atoms with Gasteiger partial charge in [0.15, 0.2) is 0 Å². The van der Waals surface area contributed by atoms with E-state index in [-0.39, 0.29) is 5.02 Å². The first kappa shape index (κ1) is 12.0. The molecule has 2 aromatic rings. The van der Waals surface area contributed by atoms with Crippen LogP contribution in [0.2, 0.25) is 5.02 Å². The first-order valence-corrected chi connectivity index (χ1v) is 5.12. The molecule has 1 aromatic carbocycles. The van der Waals surface area contributed by atoms with Gasteiger partial charge in [0.05, 0.1) is 16.3 Å². The predicted octanol–water partition coefficient (Wildman–Crippen LogP) is 3.76. The van der Waals surface area contributed by atoms with Crippen LogP contribution in [-0.4, -0.2) is 9.78 Å². The first-order chi connectivity index (χ1) is 7.89. The highest BCUT2D eigenvalue weighted by Crippen LogP contribution is 2.36. The van der Waals surface area contributed by atoms with E-state index >= 15 is 0 Å². The molecule has 0 aliphatic heterocycles. The molecule has 2 rings (SSSR count). The zero-order chi connectivity index (χ0) is 12.6. The Kier molecular flexibility index (Phi) is 2.87. The van der Waals surface area contributed by atoms with Crippen molar-refractivity contribution in [2.45, 2.75) is 6.18 Å². The maximum absolute atomic E-state index is 12.5. The second-order valence-electron chi connectivity index (χ2n) is 3.53. The Labute approximate surface area is 101 Å². The van der Waals surface area contributed by atoms with Crippen LogP contribution in [0.25, 0.3) is 11.3 Å². The molecule has 0 aliphatic carbocycles. The normalized spacial score (nSPS) is 11.8. The van der Waals surface area contributed by atoms with Gasteiger partial charge in [0, 0.05) is 18.8 Å². The third-order valence-corrected chi connectivity index (χ3v) is 2.70. The first-order valence-electron chi connectivity index (χ1n) is 4.74. The van der Waals surface area contributed by atoms with Crippen LogP contribution in [0, 0.1) is 0 Å². The monoisotopic (exact) mass is 260 g/mol. The lowest BCUT2D eigenvalue weighted by Gasteiger charge is -2.10. The van der Waals surface area contributed by atoms with Gasteiger partial charge in [-0.25, -0.2) is 0 Å². The molecule has 0 N–H and O–H groups in total. The van der Waals surface area contributed by atoms with Crippen LogP contribution in [0.1, 0.15) is 5.56 Å². The Balaban J connectivity index is 2.49. The van der Waals surface area contributed by atoms with Crippen molar-refractivity contribution < 1.29 is 13.2 Å². The third kappa shape index (κ3) is 2.29. The smallest absolute Gasteiger partial charge is 0.268 e. The van der Waals surface area contributed by atoms with Crippen LogP contribution >= 0.6 is 11.6 Å². The number of hydrogen-bond acceptors (Lipinski definition) is 1. The average molecular weight is 261 g/mol. The van der Waals surface area contributed by atoms with Crippen LogP contribution in [0.5, 0.6) is 0 Å². The molecule has 0 bridgehead atoms. The minimum Gasteiger partial charge on any atom is -0.268 e. The number of halogens is 4. The summed E-state index contributed by atoms with van der Waals surface area (Å²) in [4.78, 5) is 0. The largest absolute Gasteiger partial charge is 0.417 e. The van der Waals surface area contributed by atoms with E-state index in [0.29, 0.717) is 11.3 Å². The van der Waals surface area contributed by atoms with E-state index in [1.165, 1.54) is 12.1 Å². The SMILES string of the molecule is Cn1nccc1-c1ccc(C(F)(F)F)c(Cl)c1. The minimum absolute atomic E-state index is 0.309. The van der Waals surface area contributed by atoms with Gasteiger partial charge in [-0.05, 0) is 18.2 Å². The summed E-state index contributed by atoms with van der Waals surface area (Å²) in [6.45, 7) is 0. The molecule has 0 radical (unpaired) electrons. The van der Waals surface area contributed by atoms with Crippen molar-refractivity contribution in [2.75, 3.05) is 0 Å². The maximum Gasteiger partial charge on any atom is 0.417 e. The lowest BCUT2D eigenvalue weighted by atomic mass is 10.1. The summed E-state index contributed by atoms with van der Waals surface area (Å²) < 4.78 is 39.1. The number of nitrogens with zero attached hydrogens (tertiary/aromatic N) is 2. The summed E-state index contributed by atoms with van der Waals surface area (Å²) in [5, 5.41) is 3.64. The van der Waals surface area contributed by atoms with Crippen molar-refractivity contribution in [1.29, 1.82) is 0 Å². The summed E-state index contributed by atoms with van der Waals surface area (Å²) in [7, 11) is 1.71. The summed E-state index contributed by atoms with van der Waals surface area (Å²) >= 11 is 5.63. The van der Waals surface area contributed by atoms with E-state index in [1.54, 1.807) is 24.0 Å². The average Bonchev–Trinajstić information content (AvgIpc) is 2.62. The maximum atomic E-state index is 12.5. The lowest BCUT2D eigenvalue weighted by Crippen LogP contribution is -2.05. The molecular weight excluding hydrogens is 253 g/mol. The topological polar surface area (TPSA) is 17.8 Å². The number of benzene rings is 1. The molecule has 0 amide bonds. The zero-order valence-electron chi connectivity index (χ0n) is 8.79. The van der Waals surface area contributed by atoms with E-state index in [0.717, 1.165) is 6.07 Å². The Morgan fingerprint density at radius 1 is 1.24 bits per heavy atom. The molecule has 0 aliphatic rings. The molecule has 0 saturated carbocycles. The van der Waals surface area contributed by atoms with Crippen LogP contribution in [0.4, 0.5) is 13.2 Å². The molecule has 0 fully saturated rings. The van der Waals surface area contributed by atoms with Crippen LogP contribution < -0.4 is 0 Å². The Hall–Kier alpha value is -1.49. The molecule has 0 spiro atoms. The summed E-state index contributed by atoms with van der Waals surface area (Å²) in [6.07, 6.45) is -2.86. The van der Waals surface area contributed by atoms with Gasteiger partial charge in [-0.15, -0.1) is 0 Å². The highest BCUT2D eigenvalue weighted by Gasteiger charge is 2.33. The molecule has 17 heavy (non-hydrogen) atoms. The highest BCUT2D eigenvalue weighted by atomic mass is 35.5.